The number of anilines is 1. The van der Waals surface area contributed by atoms with E-state index in [4.69, 9.17) is 5.26 Å². The van der Waals surface area contributed by atoms with Gasteiger partial charge in [-0.1, -0.05) is 0 Å². The van der Waals surface area contributed by atoms with Crippen molar-refractivity contribution in [1.82, 2.24) is 9.97 Å². The van der Waals surface area contributed by atoms with Gasteiger partial charge in [0.2, 0.25) is 0 Å². The Morgan fingerprint density at radius 2 is 2.24 bits per heavy atom. The van der Waals surface area contributed by atoms with Gasteiger partial charge in [-0.3, -0.25) is 0 Å². The molecule has 0 aliphatic heterocycles. The van der Waals surface area contributed by atoms with Crippen molar-refractivity contribution in [3.63, 3.8) is 0 Å². The molecule has 1 unspecified atom stereocenters. The smallest absolute Gasteiger partial charge is 0.145 e. The average molecular weight is 244 g/mol. The molecule has 0 aliphatic carbocycles. The Hall–Kier alpha value is -1.93. The van der Waals surface area contributed by atoms with Crippen LogP contribution in [0.25, 0.3) is 0 Å². The van der Waals surface area contributed by atoms with E-state index in [-0.39, 0.29) is 6.04 Å². The van der Waals surface area contributed by atoms with Crippen molar-refractivity contribution >= 4 is 17.2 Å². The van der Waals surface area contributed by atoms with Crippen molar-refractivity contribution in [3.05, 3.63) is 40.0 Å². The van der Waals surface area contributed by atoms with Crippen LogP contribution in [0.2, 0.25) is 0 Å². The van der Waals surface area contributed by atoms with E-state index in [2.05, 4.69) is 41.3 Å². The topological polar surface area (TPSA) is 61.6 Å². The molecule has 0 aromatic carbocycles. The van der Waals surface area contributed by atoms with Gasteiger partial charge < -0.3 is 5.32 Å². The molecule has 0 aliphatic rings. The summed E-state index contributed by atoms with van der Waals surface area (Å²) in [5.41, 5.74) is 0.372. The summed E-state index contributed by atoms with van der Waals surface area (Å²) in [5, 5.41) is 12.0. The lowest BCUT2D eigenvalue weighted by Gasteiger charge is -2.12. The van der Waals surface area contributed by atoms with Gasteiger partial charge in [0.05, 0.1) is 6.04 Å². The third-order valence-corrected chi connectivity index (χ3v) is 3.52. The van der Waals surface area contributed by atoms with Crippen molar-refractivity contribution in [3.8, 4) is 6.07 Å². The summed E-state index contributed by atoms with van der Waals surface area (Å²) in [6, 6.07) is 8.02. The molecule has 0 saturated carbocycles. The lowest BCUT2D eigenvalue weighted by molar-refractivity contribution is 0.892. The van der Waals surface area contributed by atoms with Crippen LogP contribution >= 0.6 is 11.3 Å². The van der Waals surface area contributed by atoms with Crippen LogP contribution in [0.5, 0.6) is 0 Å². The van der Waals surface area contributed by atoms with Crippen molar-refractivity contribution < 1.29 is 0 Å². The van der Waals surface area contributed by atoms with Crippen LogP contribution in [0.3, 0.4) is 0 Å². The fourth-order valence-corrected chi connectivity index (χ4v) is 2.36. The standard InChI is InChI=1S/C12H12N4S/c1-8-3-4-11(17-8)9(2)16-12-5-10(6-13)14-7-15-12/h3-5,7,9H,1-2H3,(H,14,15,16). The summed E-state index contributed by atoms with van der Waals surface area (Å²) in [6.07, 6.45) is 1.40. The molecule has 0 bridgehead atoms. The van der Waals surface area contributed by atoms with Crippen molar-refractivity contribution in [2.24, 2.45) is 0 Å². The lowest BCUT2D eigenvalue weighted by atomic mass is 10.2. The number of hydrogen-bond donors (Lipinski definition) is 1. The molecule has 2 aromatic heterocycles. The zero-order valence-electron chi connectivity index (χ0n) is 9.64. The first kappa shape index (κ1) is 11.6. The summed E-state index contributed by atoms with van der Waals surface area (Å²) in [7, 11) is 0. The molecule has 0 amide bonds. The average Bonchev–Trinajstić information content (AvgIpc) is 2.76. The highest BCUT2D eigenvalue weighted by Gasteiger charge is 2.08. The molecule has 1 atom stereocenters. The van der Waals surface area contributed by atoms with Gasteiger partial charge in [0, 0.05) is 15.8 Å². The minimum atomic E-state index is 0.176. The van der Waals surface area contributed by atoms with Gasteiger partial charge in [-0.15, -0.1) is 11.3 Å². The van der Waals surface area contributed by atoms with E-state index in [0.29, 0.717) is 11.5 Å². The number of nitrogens with one attached hydrogen (secondary N) is 1. The van der Waals surface area contributed by atoms with Crippen LogP contribution in [-0.4, -0.2) is 9.97 Å². The first-order chi connectivity index (χ1) is 8.19. The van der Waals surface area contributed by atoms with Gasteiger partial charge in [0.25, 0.3) is 0 Å². The molecule has 17 heavy (non-hydrogen) atoms. The molecule has 0 saturated heterocycles. The third kappa shape index (κ3) is 2.80. The Kier molecular flexibility index (Phi) is 3.35. The van der Waals surface area contributed by atoms with Crippen LogP contribution in [0.4, 0.5) is 5.82 Å². The molecule has 1 N–H and O–H groups in total. The summed E-state index contributed by atoms with van der Waals surface area (Å²) in [6.45, 7) is 4.15. The zero-order valence-corrected chi connectivity index (χ0v) is 10.5. The monoisotopic (exact) mass is 244 g/mol. The van der Waals surface area contributed by atoms with E-state index in [1.807, 2.05) is 6.07 Å². The normalized spacial score (nSPS) is 11.8. The Labute approximate surface area is 104 Å². The first-order valence-corrected chi connectivity index (χ1v) is 6.05. The van der Waals surface area contributed by atoms with Crippen molar-refractivity contribution in [1.29, 1.82) is 5.26 Å². The molecule has 2 aromatic rings. The molecule has 86 valence electrons. The number of rotatable bonds is 3. The molecule has 2 heterocycles. The van der Waals surface area contributed by atoms with E-state index < -0.39 is 0 Å². The fourth-order valence-electron chi connectivity index (χ4n) is 1.48. The minimum absolute atomic E-state index is 0.176. The highest BCUT2D eigenvalue weighted by Crippen LogP contribution is 2.24. The van der Waals surface area contributed by atoms with E-state index >= 15 is 0 Å². The number of thiophene rings is 1. The van der Waals surface area contributed by atoms with Crippen molar-refractivity contribution in [2.45, 2.75) is 19.9 Å². The van der Waals surface area contributed by atoms with Crippen molar-refractivity contribution in [2.75, 3.05) is 5.32 Å². The minimum Gasteiger partial charge on any atom is -0.363 e. The predicted molar refractivity (Wildman–Crippen MR) is 67.8 cm³/mol. The Morgan fingerprint density at radius 3 is 2.88 bits per heavy atom. The Bertz CT molecular complexity index is 556. The molecule has 0 fully saturated rings. The van der Waals surface area contributed by atoms with Gasteiger partial charge in [0.15, 0.2) is 0 Å². The third-order valence-electron chi connectivity index (χ3n) is 2.33. The highest BCUT2D eigenvalue weighted by atomic mass is 32.1. The lowest BCUT2D eigenvalue weighted by Crippen LogP contribution is -2.06. The van der Waals surface area contributed by atoms with E-state index in [1.165, 1.54) is 16.1 Å². The van der Waals surface area contributed by atoms with Crippen LogP contribution < -0.4 is 5.32 Å². The number of nitrogens with zero attached hydrogens (tertiary/aromatic N) is 3. The van der Waals surface area contributed by atoms with Gasteiger partial charge in [-0.2, -0.15) is 5.26 Å². The maximum absolute atomic E-state index is 8.75. The SMILES string of the molecule is Cc1ccc(C(C)Nc2cc(C#N)ncn2)s1. The second-order valence-corrected chi connectivity index (χ2v) is 5.03. The molecule has 4 nitrogen and oxygen atoms in total. The number of aryl methyl sites for hydroxylation is 1. The van der Waals surface area contributed by atoms with E-state index in [9.17, 15) is 0 Å². The maximum atomic E-state index is 8.75. The second-order valence-electron chi connectivity index (χ2n) is 3.71. The second kappa shape index (κ2) is 4.93. The maximum Gasteiger partial charge on any atom is 0.145 e. The molecular formula is C12H12N4S. The van der Waals surface area contributed by atoms with E-state index in [0.717, 1.165) is 0 Å². The van der Waals surface area contributed by atoms with Gasteiger partial charge >= 0.3 is 0 Å². The van der Waals surface area contributed by atoms with Crippen LogP contribution in [-0.2, 0) is 0 Å². The number of aromatic nitrogens is 2. The number of hydrogen-bond acceptors (Lipinski definition) is 5. The van der Waals surface area contributed by atoms with Crippen LogP contribution in [0.1, 0.15) is 28.4 Å². The first-order valence-electron chi connectivity index (χ1n) is 5.24. The molecular weight excluding hydrogens is 232 g/mol. The van der Waals surface area contributed by atoms with Gasteiger partial charge in [-0.25, -0.2) is 9.97 Å². The largest absolute Gasteiger partial charge is 0.363 e. The van der Waals surface area contributed by atoms with E-state index in [1.54, 1.807) is 17.4 Å². The highest BCUT2D eigenvalue weighted by molar-refractivity contribution is 7.12. The molecule has 0 spiro atoms. The van der Waals surface area contributed by atoms with Crippen LogP contribution in [0, 0.1) is 18.3 Å². The molecule has 5 heteroatoms. The van der Waals surface area contributed by atoms with Crippen LogP contribution in [0.15, 0.2) is 24.5 Å². The van der Waals surface area contributed by atoms with Gasteiger partial charge in [0.1, 0.15) is 23.9 Å². The Balaban J connectivity index is 2.13. The predicted octanol–water partition coefficient (Wildman–Crippen LogP) is 2.89. The number of nitriles is 1. The molecule has 2 rings (SSSR count). The summed E-state index contributed by atoms with van der Waals surface area (Å²) in [4.78, 5) is 10.5. The van der Waals surface area contributed by atoms with Gasteiger partial charge in [-0.05, 0) is 26.0 Å². The zero-order chi connectivity index (χ0) is 12.3. The summed E-state index contributed by atoms with van der Waals surface area (Å²) < 4.78 is 0. The Morgan fingerprint density at radius 1 is 1.41 bits per heavy atom. The summed E-state index contributed by atoms with van der Waals surface area (Å²) in [5.74, 6) is 0.676. The molecule has 0 radical (unpaired) electrons. The fraction of sp³-hybridized carbons (Fsp3) is 0.250. The summed E-state index contributed by atoms with van der Waals surface area (Å²) >= 11 is 1.75. The quantitative estimate of drug-likeness (QED) is 0.901.